The van der Waals surface area contributed by atoms with E-state index in [1.54, 1.807) is 23.5 Å². The first-order valence-electron chi connectivity index (χ1n) is 19.4. The molecule has 8 heteroatoms. The second-order valence-electron chi connectivity index (χ2n) is 17.6. The van der Waals surface area contributed by atoms with Crippen LogP contribution >= 0.6 is 22.7 Å². The van der Waals surface area contributed by atoms with Crippen LogP contribution < -0.4 is 9.84 Å². The Morgan fingerprint density at radius 1 is 0.804 bits per heavy atom. The normalized spacial score (nSPS) is 16.4. The number of hydrogen-bond acceptors (Lipinski definition) is 6. The highest BCUT2D eigenvalue weighted by Gasteiger charge is 2.46. The van der Waals surface area contributed by atoms with Gasteiger partial charge in [0.05, 0.1) is 16.4 Å². The molecule has 6 aromatic rings. The Morgan fingerprint density at radius 2 is 1.41 bits per heavy atom. The van der Waals surface area contributed by atoms with Crippen molar-refractivity contribution in [3.8, 4) is 20.5 Å². The summed E-state index contributed by atoms with van der Waals surface area (Å²) in [6, 6.07) is 27.6. The molecule has 0 N–H and O–H groups in total. The topological polar surface area (TPSA) is 74.4 Å². The maximum Gasteiger partial charge on any atom is 0.298 e. The van der Waals surface area contributed by atoms with E-state index in [0.717, 1.165) is 51.1 Å². The number of thiophene rings is 2. The van der Waals surface area contributed by atoms with Crippen LogP contribution in [0.1, 0.15) is 96.7 Å². The van der Waals surface area contributed by atoms with Crippen molar-refractivity contribution < 1.29 is 24.0 Å². The second kappa shape index (κ2) is 13.6. The predicted molar refractivity (Wildman–Crippen MR) is 230 cm³/mol. The van der Waals surface area contributed by atoms with Crippen molar-refractivity contribution in [3.05, 3.63) is 118 Å². The molecule has 0 amide bonds. The summed E-state index contributed by atoms with van der Waals surface area (Å²) in [6.07, 6.45) is 3.74. The lowest BCUT2D eigenvalue weighted by atomic mass is 9.78. The van der Waals surface area contributed by atoms with E-state index in [1.165, 1.54) is 44.3 Å². The van der Waals surface area contributed by atoms with Crippen molar-refractivity contribution in [2.75, 3.05) is 6.54 Å². The van der Waals surface area contributed by atoms with Gasteiger partial charge >= 0.3 is 0 Å². The van der Waals surface area contributed by atoms with Crippen LogP contribution in [0.15, 0.2) is 96.3 Å². The number of allylic oxidation sites excluding steroid dienone is 3. The van der Waals surface area contributed by atoms with E-state index in [1.807, 2.05) is 24.3 Å². The molecule has 1 aliphatic heterocycles. The molecule has 0 bridgehead atoms. The Morgan fingerprint density at radius 3 is 2.00 bits per heavy atom. The number of aromatic nitrogens is 1. The molecule has 56 heavy (non-hydrogen) atoms. The van der Waals surface area contributed by atoms with Gasteiger partial charge in [-0.1, -0.05) is 72.8 Å². The lowest BCUT2D eigenvalue weighted by molar-refractivity contribution is -0.438. The van der Waals surface area contributed by atoms with Crippen LogP contribution in [-0.4, -0.2) is 33.7 Å². The third-order valence-electron chi connectivity index (χ3n) is 11.4. The molecule has 8 rings (SSSR count). The standard InChI is InChI=1S/C48H48N2O4S2/c1-10-11-22-49-37-17-14-30(54-27-51)25-34(37)48(8,9)41(49)26-33-44(52)43(45(33)53)40-19-18-38(55-40)39-20-21-42(56-39)50-35-15-12-28(46(2,3)4)23-31(35)32-24-29(47(5,6)7)13-16-36(32)50/h12-21,23-27H,10-11,22H2,1-9H3. The number of ketones is 1. The van der Waals surface area contributed by atoms with Crippen LogP contribution in [0.4, 0.5) is 5.69 Å². The highest BCUT2D eigenvalue weighted by Crippen LogP contribution is 2.46. The molecule has 0 spiro atoms. The Hall–Kier alpha value is -5.05. The third kappa shape index (κ3) is 6.18. The lowest BCUT2D eigenvalue weighted by Gasteiger charge is -2.30. The number of unbranched alkanes of at least 4 members (excludes halogenated alkanes) is 1. The molecular formula is C48H48N2O4S2. The first-order valence-corrected chi connectivity index (χ1v) is 21.0. The van der Waals surface area contributed by atoms with Crippen LogP contribution in [0.25, 0.3) is 42.1 Å². The van der Waals surface area contributed by atoms with Crippen molar-refractivity contribution in [2.24, 2.45) is 0 Å². The van der Waals surface area contributed by atoms with E-state index in [2.05, 4.69) is 120 Å². The van der Waals surface area contributed by atoms with Crippen molar-refractivity contribution in [2.45, 2.75) is 91.4 Å². The van der Waals surface area contributed by atoms with Gasteiger partial charge in [0.1, 0.15) is 17.3 Å². The minimum absolute atomic E-state index is 0.0281. The number of nitrogens with zero attached hydrogens (tertiary/aromatic N) is 2. The molecule has 4 heterocycles. The first kappa shape index (κ1) is 37.9. The summed E-state index contributed by atoms with van der Waals surface area (Å²) >= 11 is 3.21. The van der Waals surface area contributed by atoms with E-state index < -0.39 is 5.41 Å². The Labute approximate surface area is 337 Å². The number of fused-ring (bicyclic) bond motifs is 4. The monoisotopic (exact) mass is 780 g/mol. The number of rotatable bonds is 9. The zero-order valence-electron chi connectivity index (χ0n) is 33.6. The summed E-state index contributed by atoms with van der Waals surface area (Å²) in [6.45, 7) is 21.0. The third-order valence-corrected chi connectivity index (χ3v) is 13.8. The fourth-order valence-corrected chi connectivity index (χ4v) is 10.3. The summed E-state index contributed by atoms with van der Waals surface area (Å²) in [5.74, 6) is 0.0299. The molecule has 3 aromatic carbocycles. The van der Waals surface area contributed by atoms with Crippen LogP contribution in [-0.2, 0) is 25.8 Å². The number of ether oxygens (including phenoxy) is 1. The summed E-state index contributed by atoms with van der Waals surface area (Å²) in [5, 5.41) is 17.4. The van der Waals surface area contributed by atoms with Gasteiger partial charge in [0.2, 0.25) is 5.69 Å². The maximum atomic E-state index is 13.8. The van der Waals surface area contributed by atoms with Gasteiger partial charge in [-0.25, -0.2) is 0 Å². The van der Waals surface area contributed by atoms with Crippen LogP contribution in [0.2, 0.25) is 0 Å². The molecule has 0 unspecified atom stereocenters. The highest BCUT2D eigenvalue weighted by atomic mass is 32.1. The number of benzene rings is 3. The van der Waals surface area contributed by atoms with Gasteiger partial charge in [-0.05, 0) is 96.5 Å². The second-order valence-corrected chi connectivity index (χ2v) is 19.7. The van der Waals surface area contributed by atoms with Gasteiger partial charge < -0.3 is 14.4 Å². The lowest BCUT2D eigenvalue weighted by Crippen LogP contribution is -2.33. The van der Waals surface area contributed by atoms with E-state index in [4.69, 9.17) is 4.74 Å². The molecule has 0 fully saturated rings. The summed E-state index contributed by atoms with van der Waals surface area (Å²) in [5.41, 5.74) is 7.87. The van der Waals surface area contributed by atoms with Crippen molar-refractivity contribution >= 4 is 73.7 Å². The molecule has 0 saturated carbocycles. The molecule has 0 atom stereocenters. The number of hydrogen-bond donors (Lipinski definition) is 0. The molecule has 286 valence electrons. The van der Waals surface area contributed by atoms with Crippen molar-refractivity contribution in [1.29, 1.82) is 0 Å². The Kier molecular flexibility index (Phi) is 9.17. The number of carbonyl (C=O) groups excluding carboxylic acids is 2. The molecule has 1 aliphatic carbocycles. The summed E-state index contributed by atoms with van der Waals surface area (Å²) < 4.78 is 9.75. The largest absolute Gasteiger partial charge is 0.871 e. The van der Waals surface area contributed by atoms with Gasteiger partial charge in [0, 0.05) is 60.7 Å². The molecule has 3 aromatic heterocycles. The van der Waals surface area contributed by atoms with Crippen LogP contribution in [0, 0.1) is 0 Å². The Balaban J connectivity index is 1.14. The SMILES string of the molecule is CCCC[N+]1=C(/C=C2\C(=O)C(c3ccc(-c4ccc(-n5c6ccc(C(C)(C)C)cc6c6cc(C(C)(C)C)ccc65)s4)s3)=C2[O-])C(C)(C)c2cc(OC=O)ccc21. The van der Waals surface area contributed by atoms with Crippen molar-refractivity contribution in [1.82, 2.24) is 4.57 Å². The average Bonchev–Trinajstić information content (AvgIpc) is 3.93. The minimum atomic E-state index is -0.512. The number of Topliss-reactive ketones (excluding diaryl/α,β-unsaturated/α-hetero) is 1. The molecule has 0 saturated heterocycles. The minimum Gasteiger partial charge on any atom is -0.871 e. The first-order chi connectivity index (χ1) is 26.5. The van der Waals surface area contributed by atoms with Crippen molar-refractivity contribution in [3.63, 3.8) is 0 Å². The van der Waals surface area contributed by atoms with E-state index >= 15 is 0 Å². The molecular weight excluding hydrogens is 733 g/mol. The van der Waals surface area contributed by atoms with Gasteiger partial charge in [0.25, 0.3) is 6.47 Å². The van der Waals surface area contributed by atoms with Gasteiger partial charge in [0.15, 0.2) is 11.5 Å². The predicted octanol–water partition coefficient (Wildman–Crippen LogP) is 11.2. The maximum absolute atomic E-state index is 13.8. The van der Waals surface area contributed by atoms with E-state index in [0.29, 0.717) is 17.1 Å². The molecule has 0 radical (unpaired) electrons. The molecule has 6 nitrogen and oxygen atoms in total. The van der Waals surface area contributed by atoms with Gasteiger partial charge in [-0.15, -0.1) is 22.7 Å². The summed E-state index contributed by atoms with van der Waals surface area (Å²) in [7, 11) is 0. The average molecular weight is 781 g/mol. The van der Waals surface area contributed by atoms with Gasteiger partial charge in [-0.2, -0.15) is 4.58 Å². The van der Waals surface area contributed by atoms with Crippen LogP contribution in [0.5, 0.6) is 5.75 Å². The van der Waals surface area contributed by atoms with E-state index in [9.17, 15) is 14.7 Å². The molecule has 2 aliphatic rings. The van der Waals surface area contributed by atoms with Crippen LogP contribution in [0.3, 0.4) is 0 Å². The fourth-order valence-electron chi connectivity index (χ4n) is 8.08. The fraction of sp³-hybridized carbons (Fsp3) is 0.312. The Bertz CT molecular complexity index is 2630. The summed E-state index contributed by atoms with van der Waals surface area (Å²) in [4.78, 5) is 27.7. The number of carbonyl (C=O) groups is 2. The zero-order valence-corrected chi connectivity index (χ0v) is 35.3. The highest BCUT2D eigenvalue weighted by molar-refractivity contribution is 7.24. The zero-order chi connectivity index (χ0) is 39.9. The van der Waals surface area contributed by atoms with E-state index in [-0.39, 0.29) is 33.5 Å². The smallest absolute Gasteiger partial charge is 0.298 e. The van der Waals surface area contributed by atoms with Gasteiger partial charge in [-0.3, -0.25) is 9.59 Å². The quantitative estimate of drug-likeness (QED) is 0.0832.